The molecule has 0 spiro atoms. The van der Waals surface area contributed by atoms with Crippen molar-refractivity contribution in [1.82, 2.24) is 9.97 Å². The van der Waals surface area contributed by atoms with Gasteiger partial charge in [-0.05, 0) is 57.6 Å². The lowest BCUT2D eigenvalue weighted by Gasteiger charge is -2.34. The summed E-state index contributed by atoms with van der Waals surface area (Å²) in [4.78, 5) is 11.2. The minimum absolute atomic E-state index is 0.190. The number of aliphatic hydroxyl groups excluding tert-OH is 1. The molecule has 1 fully saturated rings. The Balaban J connectivity index is 1.61. The molecule has 0 amide bonds. The summed E-state index contributed by atoms with van der Waals surface area (Å²) in [6.45, 7) is 5.81. The van der Waals surface area contributed by atoms with Gasteiger partial charge in [0.05, 0.1) is 32.6 Å². The van der Waals surface area contributed by atoms with E-state index in [1.165, 1.54) is 0 Å². The molecule has 1 unspecified atom stereocenters. The zero-order valence-electron chi connectivity index (χ0n) is 18.7. The lowest BCUT2D eigenvalue weighted by atomic mass is 9.91. The van der Waals surface area contributed by atoms with Crippen LogP contribution in [0.15, 0.2) is 24.5 Å². The Labute approximate surface area is 184 Å². The van der Waals surface area contributed by atoms with Crippen LogP contribution < -0.4 is 9.64 Å². The van der Waals surface area contributed by atoms with Gasteiger partial charge in [-0.2, -0.15) is 0 Å². The van der Waals surface area contributed by atoms with Gasteiger partial charge in [0.1, 0.15) is 23.4 Å². The first kappa shape index (κ1) is 23.9. The Bertz CT molecular complexity index is 879. The number of piperidine rings is 1. The molecule has 2 aromatic rings. The Kier molecular flexibility index (Phi) is 8.67. The quantitative estimate of drug-likeness (QED) is 0.507. The fourth-order valence-corrected chi connectivity index (χ4v) is 6.16. The maximum atomic E-state index is 13.0. The first-order valence-corrected chi connectivity index (χ1v) is 12.7. The van der Waals surface area contributed by atoms with E-state index in [4.69, 9.17) is 13.8 Å². The SMILES string of the molecule is CCOP(=O)(OCC)C(CO)CCC1CCN(c2ncnc3c(OC)cccc23)CC1. The summed E-state index contributed by atoms with van der Waals surface area (Å²) in [7, 11) is -1.63. The molecule has 1 N–H and O–H groups in total. The van der Waals surface area contributed by atoms with Crippen LogP contribution in [0.5, 0.6) is 5.75 Å². The third-order valence-corrected chi connectivity index (χ3v) is 8.48. The summed E-state index contributed by atoms with van der Waals surface area (Å²) in [5.74, 6) is 2.19. The number of aliphatic hydroxyl groups is 1. The summed E-state index contributed by atoms with van der Waals surface area (Å²) >= 11 is 0. The average molecular weight is 452 g/mol. The van der Waals surface area contributed by atoms with Gasteiger partial charge in [-0.3, -0.25) is 4.57 Å². The van der Waals surface area contributed by atoms with Crippen molar-refractivity contribution in [3.8, 4) is 5.75 Å². The van der Waals surface area contributed by atoms with Gasteiger partial charge in [0.25, 0.3) is 0 Å². The molecule has 0 radical (unpaired) electrons. The van der Waals surface area contributed by atoms with E-state index in [1.54, 1.807) is 27.3 Å². The third-order valence-electron chi connectivity index (χ3n) is 5.92. The van der Waals surface area contributed by atoms with Crippen molar-refractivity contribution >= 4 is 24.3 Å². The Morgan fingerprint density at radius 1 is 1.19 bits per heavy atom. The highest BCUT2D eigenvalue weighted by molar-refractivity contribution is 7.54. The molecule has 9 heteroatoms. The molecule has 1 aliphatic rings. The molecule has 8 nitrogen and oxygen atoms in total. The molecular weight excluding hydrogens is 417 g/mol. The smallest absolute Gasteiger partial charge is 0.336 e. The summed E-state index contributed by atoms with van der Waals surface area (Å²) < 4.78 is 29.3. The molecule has 1 aliphatic heterocycles. The van der Waals surface area contributed by atoms with E-state index in [-0.39, 0.29) is 6.61 Å². The minimum Gasteiger partial charge on any atom is -0.494 e. The number of methoxy groups -OCH3 is 1. The van der Waals surface area contributed by atoms with Gasteiger partial charge in [0, 0.05) is 18.5 Å². The Hall–Kier alpha value is -1.73. The second kappa shape index (κ2) is 11.2. The number of hydrogen-bond acceptors (Lipinski definition) is 8. The number of para-hydroxylation sites is 1. The van der Waals surface area contributed by atoms with Crippen LogP contribution in [-0.4, -0.2) is 60.8 Å². The van der Waals surface area contributed by atoms with E-state index in [1.807, 2.05) is 18.2 Å². The predicted octanol–water partition coefficient (Wildman–Crippen LogP) is 4.26. The number of nitrogens with zero attached hydrogens (tertiary/aromatic N) is 3. The van der Waals surface area contributed by atoms with Gasteiger partial charge in [-0.15, -0.1) is 0 Å². The van der Waals surface area contributed by atoms with E-state index in [2.05, 4.69) is 14.9 Å². The van der Waals surface area contributed by atoms with Crippen LogP contribution in [0.2, 0.25) is 0 Å². The summed E-state index contributed by atoms with van der Waals surface area (Å²) in [6, 6.07) is 5.90. The first-order chi connectivity index (χ1) is 15.1. The van der Waals surface area contributed by atoms with Crippen molar-refractivity contribution in [2.45, 2.75) is 45.2 Å². The number of rotatable bonds is 11. The van der Waals surface area contributed by atoms with Gasteiger partial charge in [-0.1, -0.05) is 6.07 Å². The van der Waals surface area contributed by atoms with Gasteiger partial charge >= 0.3 is 7.60 Å². The standard InChI is InChI=1S/C22H34N3O5P/c1-4-29-31(27,30-5-2)18(15-26)10-9-17-11-13-25(14-12-17)22-19-7-6-8-20(28-3)21(19)23-16-24-22/h6-8,16-18,26H,4-5,9-15H2,1-3H3. The Morgan fingerprint density at radius 3 is 2.52 bits per heavy atom. The average Bonchev–Trinajstić information content (AvgIpc) is 2.79. The van der Waals surface area contributed by atoms with E-state index in [0.717, 1.165) is 54.8 Å². The van der Waals surface area contributed by atoms with E-state index in [9.17, 15) is 9.67 Å². The molecule has 1 atom stereocenters. The fraction of sp³-hybridized carbons (Fsp3) is 0.636. The molecule has 0 bridgehead atoms. The highest BCUT2D eigenvalue weighted by Crippen LogP contribution is 2.54. The van der Waals surface area contributed by atoms with Crippen LogP contribution in [0.4, 0.5) is 5.82 Å². The van der Waals surface area contributed by atoms with E-state index >= 15 is 0 Å². The maximum Gasteiger partial charge on any atom is 0.336 e. The molecule has 0 aliphatic carbocycles. The highest BCUT2D eigenvalue weighted by atomic mass is 31.2. The topological polar surface area (TPSA) is 94.0 Å². The molecule has 2 heterocycles. The Morgan fingerprint density at radius 2 is 1.90 bits per heavy atom. The van der Waals surface area contributed by atoms with Crippen LogP contribution in [0.25, 0.3) is 10.9 Å². The lowest BCUT2D eigenvalue weighted by Crippen LogP contribution is -2.34. The second-order valence-corrected chi connectivity index (χ2v) is 10.1. The molecular formula is C22H34N3O5P. The monoisotopic (exact) mass is 451 g/mol. The zero-order valence-corrected chi connectivity index (χ0v) is 19.6. The lowest BCUT2D eigenvalue weighted by molar-refractivity contribution is 0.188. The number of fused-ring (bicyclic) bond motifs is 1. The van der Waals surface area contributed by atoms with Gasteiger partial charge < -0.3 is 23.8 Å². The van der Waals surface area contributed by atoms with Gasteiger partial charge in [-0.25, -0.2) is 9.97 Å². The van der Waals surface area contributed by atoms with Crippen molar-refractivity contribution in [2.24, 2.45) is 5.92 Å². The van der Waals surface area contributed by atoms with Crippen molar-refractivity contribution in [1.29, 1.82) is 0 Å². The molecule has 0 saturated carbocycles. The molecule has 31 heavy (non-hydrogen) atoms. The normalized spacial score (nSPS) is 16.6. The van der Waals surface area contributed by atoms with Crippen LogP contribution in [0, 0.1) is 5.92 Å². The summed E-state index contributed by atoms with van der Waals surface area (Å²) in [5.41, 5.74) is 0.356. The number of hydrogen-bond donors (Lipinski definition) is 1. The largest absolute Gasteiger partial charge is 0.494 e. The van der Waals surface area contributed by atoms with Crippen LogP contribution in [0.3, 0.4) is 0 Å². The number of aromatic nitrogens is 2. The number of benzene rings is 1. The van der Waals surface area contributed by atoms with Crippen molar-refractivity contribution in [3.63, 3.8) is 0 Å². The first-order valence-electron chi connectivity index (χ1n) is 11.1. The van der Waals surface area contributed by atoms with Crippen molar-refractivity contribution < 1.29 is 23.5 Å². The van der Waals surface area contributed by atoms with Crippen LogP contribution in [-0.2, 0) is 13.6 Å². The van der Waals surface area contributed by atoms with E-state index < -0.39 is 13.3 Å². The predicted molar refractivity (Wildman–Crippen MR) is 122 cm³/mol. The van der Waals surface area contributed by atoms with Gasteiger partial charge in [0.2, 0.25) is 0 Å². The fourth-order valence-electron chi connectivity index (χ4n) is 4.28. The van der Waals surface area contributed by atoms with Crippen molar-refractivity contribution in [3.05, 3.63) is 24.5 Å². The van der Waals surface area contributed by atoms with E-state index in [0.29, 0.717) is 25.6 Å². The number of anilines is 1. The highest BCUT2D eigenvalue weighted by Gasteiger charge is 2.35. The molecule has 3 rings (SSSR count). The molecule has 1 aromatic carbocycles. The summed E-state index contributed by atoms with van der Waals surface area (Å²) in [5, 5.41) is 10.8. The summed E-state index contributed by atoms with van der Waals surface area (Å²) in [6.07, 6.45) is 5.15. The zero-order chi connectivity index (χ0) is 22.3. The van der Waals surface area contributed by atoms with Gasteiger partial charge in [0.15, 0.2) is 0 Å². The second-order valence-electron chi connectivity index (χ2n) is 7.77. The molecule has 172 valence electrons. The minimum atomic E-state index is -3.28. The number of ether oxygens (including phenoxy) is 1. The molecule has 1 aromatic heterocycles. The maximum absolute atomic E-state index is 13.0. The van der Waals surface area contributed by atoms with Crippen LogP contribution in [0.1, 0.15) is 39.5 Å². The van der Waals surface area contributed by atoms with Crippen LogP contribution >= 0.6 is 7.60 Å². The van der Waals surface area contributed by atoms with Crippen molar-refractivity contribution in [2.75, 3.05) is 44.9 Å². The third kappa shape index (κ3) is 5.55. The molecule has 1 saturated heterocycles.